The molecule has 3 nitrogen and oxygen atoms in total. The van der Waals surface area contributed by atoms with Gasteiger partial charge in [-0.1, -0.05) is 24.3 Å². The molecule has 1 aliphatic rings. The molecule has 5 heteroatoms. The zero-order chi connectivity index (χ0) is 17.2. The minimum absolute atomic E-state index is 0.142. The molecule has 0 radical (unpaired) electrons. The van der Waals surface area contributed by atoms with Crippen molar-refractivity contribution in [3.8, 4) is 10.6 Å². The molecule has 1 aromatic carbocycles. The van der Waals surface area contributed by atoms with E-state index >= 15 is 0 Å². The summed E-state index contributed by atoms with van der Waals surface area (Å²) in [7, 11) is 1.93. The lowest BCUT2D eigenvalue weighted by atomic mass is 9.87. The Hall–Kier alpha value is -1.98. The van der Waals surface area contributed by atoms with Gasteiger partial charge in [-0.05, 0) is 41.8 Å². The van der Waals surface area contributed by atoms with E-state index in [-0.39, 0.29) is 11.9 Å². The first-order valence-corrected chi connectivity index (χ1v) is 10.3. The highest BCUT2D eigenvalue weighted by Crippen LogP contribution is 2.34. The summed E-state index contributed by atoms with van der Waals surface area (Å²) >= 11 is 3.28. The maximum atomic E-state index is 12.8. The number of carbonyl (C=O) groups excluding carboxylic acids is 1. The summed E-state index contributed by atoms with van der Waals surface area (Å²) in [6.45, 7) is 0. The molecule has 0 bridgehead atoms. The first-order valence-electron chi connectivity index (χ1n) is 8.53. The number of fused-ring (bicyclic) bond motifs is 1. The highest BCUT2D eigenvalue weighted by Gasteiger charge is 2.26. The fourth-order valence-electron chi connectivity index (χ4n) is 3.49. The normalized spacial score (nSPS) is 16.4. The van der Waals surface area contributed by atoms with E-state index in [0.29, 0.717) is 6.42 Å². The van der Waals surface area contributed by atoms with Crippen molar-refractivity contribution in [2.45, 2.75) is 31.7 Å². The van der Waals surface area contributed by atoms with Gasteiger partial charge in [-0.15, -0.1) is 11.3 Å². The number of carbonyl (C=O) groups is 1. The van der Waals surface area contributed by atoms with Gasteiger partial charge < -0.3 is 4.90 Å². The number of amides is 1. The van der Waals surface area contributed by atoms with E-state index in [1.807, 2.05) is 17.3 Å². The van der Waals surface area contributed by atoms with Crippen LogP contribution in [0.1, 0.15) is 35.7 Å². The third-order valence-electron chi connectivity index (χ3n) is 4.85. The van der Waals surface area contributed by atoms with Gasteiger partial charge in [0, 0.05) is 23.4 Å². The molecule has 0 fully saturated rings. The highest BCUT2D eigenvalue weighted by atomic mass is 32.1. The van der Waals surface area contributed by atoms with Gasteiger partial charge >= 0.3 is 0 Å². The molecule has 2 aromatic heterocycles. The average Bonchev–Trinajstić information content (AvgIpc) is 3.32. The Balaban J connectivity index is 1.48. The monoisotopic (exact) mass is 368 g/mol. The second kappa shape index (κ2) is 7.10. The molecular formula is C20H20N2OS2. The van der Waals surface area contributed by atoms with E-state index in [1.54, 1.807) is 22.7 Å². The van der Waals surface area contributed by atoms with E-state index < -0.39 is 0 Å². The molecule has 4 rings (SSSR count). The topological polar surface area (TPSA) is 33.2 Å². The second-order valence-corrected chi connectivity index (χ2v) is 8.08. The Morgan fingerprint density at radius 1 is 1.28 bits per heavy atom. The van der Waals surface area contributed by atoms with Crippen LogP contribution in [0.15, 0.2) is 46.5 Å². The number of nitrogens with zero attached hydrogens (tertiary/aromatic N) is 2. The van der Waals surface area contributed by atoms with Crippen molar-refractivity contribution >= 4 is 28.6 Å². The second-order valence-electron chi connectivity index (χ2n) is 6.44. The van der Waals surface area contributed by atoms with Crippen LogP contribution < -0.4 is 0 Å². The van der Waals surface area contributed by atoms with Crippen LogP contribution in [-0.4, -0.2) is 22.8 Å². The van der Waals surface area contributed by atoms with Gasteiger partial charge in [0.2, 0.25) is 5.91 Å². The molecule has 0 saturated carbocycles. The van der Waals surface area contributed by atoms with Gasteiger partial charge in [0.05, 0.1) is 18.2 Å². The SMILES string of the molecule is CN(C(=O)Cc1csc(-c2ccsc2)n1)[C@@H]1CCCc2ccccc21. The number of thiophene rings is 1. The highest BCUT2D eigenvalue weighted by molar-refractivity contribution is 7.14. The number of thiazole rings is 1. The average molecular weight is 369 g/mol. The van der Waals surface area contributed by atoms with Gasteiger partial charge in [-0.25, -0.2) is 4.98 Å². The van der Waals surface area contributed by atoms with Gasteiger partial charge in [0.1, 0.15) is 5.01 Å². The maximum Gasteiger partial charge on any atom is 0.228 e. The van der Waals surface area contributed by atoms with Crippen molar-refractivity contribution in [2.24, 2.45) is 0 Å². The molecule has 1 aliphatic carbocycles. The van der Waals surface area contributed by atoms with Crippen molar-refractivity contribution in [1.82, 2.24) is 9.88 Å². The van der Waals surface area contributed by atoms with Crippen LogP contribution >= 0.6 is 22.7 Å². The standard InChI is InChI=1S/C20H20N2OS2/c1-22(18-8-4-6-14-5-2-3-7-17(14)18)19(23)11-16-13-25-20(21-16)15-9-10-24-12-15/h2-3,5,7,9-10,12-13,18H,4,6,8,11H2,1H3/t18-/m1/s1. The third kappa shape index (κ3) is 3.39. The van der Waals surface area contributed by atoms with Crippen molar-refractivity contribution in [2.75, 3.05) is 7.05 Å². The first kappa shape index (κ1) is 16.5. The number of aryl methyl sites for hydroxylation is 1. The Bertz CT molecular complexity index is 869. The summed E-state index contributed by atoms with van der Waals surface area (Å²) in [5.74, 6) is 0.142. The molecule has 0 unspecified atom stereocenters. The van der Waals surface area contributed by atoms with Crippen LogP contribution in [0.2, 0.25) is 0 Å². The van der Waals surface area contributed by atoms with E-state index in [4.69, 9.17) is 0 Å². The summed E-state index contributed by atoms with van der Waals surface area (Å²) in [5, 5.41) is 7.15. The quantitative estimate of drug-likeness (QED) is 0.653. The van der Waals surface area contributed by atoms with E-state index in [2.05, 4.69) is 46.1 Å². The van der Waals surface area contributed by atoms with Crippen LogP contribution in [0.25, 0.3) is 10.6 Å². The fraction of sp³-hybridized carbons (Fsp3) is 0.300. The van der Waals surface area contributed by atoms with Gasteiger partial charge in [-0.3, -0.25) is 4.79 Å². The van der Waals surface area contributed by atoms with Crippen LogP contribution in [-0.2, 0) is 17.6 Å². The number of likely N-dealkylation sites (N-methyl/N-ethyl adjacent to an activating group) is 1. The van der Waals surface area contributed by atoms with Crippen LogP contribution in [0, 0.1) is 0 Å². The number of rotatable bonds is 4. The van der Waals surface area contributed by atoms with E-state index in [9.17, 15) is 4.79 Å². The molecule has 2 heterocycles. The van der Waals surface area contributed by atoms with Gasteiger partial charge in [0.25, 0.3) is 0 Å². The zero-order valence-corrected chi connectivity index (χ0v) is 15.8. The summed E-state index contributed by atoms with van der Waals surface area (Å²) < 4.78 is 0. The Morgan fingerprint density at radius 3 is 3.00 bits per heavy atom. The molecule has 0 N–H and O–H groups in total. The predicted molar refractivity (Wildman–Crippen MR) is 104 cm³/mol. The Kier molecular flexibility index (Phi) is 4.68. The lowest BCUT2D eigenvalue weighted by Gasteiger charge is -2.33. The van der Waals surface area contributed by atoms with Gasteiger partial charge in [0.15, 0.2) is 0 Å². The first-order chi connectivity index (χ1) is 12.2. The number of benzene rings is 1. The molecule has 3 aromatic rings. The zero-order valence-electron chi connectivity index (χ0n) is 14.1. The minimum atomic E-state index is 0.142. The van der Waals surface area contributed by atoms with Crippen LogP contribution in [0.5, 0.6) is 0 Å². The fourth-order valence-corrected chi connectivity index (χ4v) is 5.02. The summed E-state index contributed by atoms with van der Waals surface area (Å²) in [6, 6.07) is 10.8. The lowest BCUT2D eigenvalue weighted by Crippen LogP contribution is -2.34. The van der Waals surface area contributed by atoms with Crippen LogP contribution in [0.3, 0.4) is 0 Å². The maximum absolute atomic E-state index is 12.8. The number of hydrogen-bond donors (Lipinski definition) is 0. The molecule has 0 aliphatic heterocycles. The summed E-state index contributed by atoms with van der Waals surface area (Å²) in [5.41, 5.74) is 4.70. The van der Waals surface area contributed by atoms with Gasteiger partial charge in [-0.2, -0.15) is 11.3 Å². The van der Waals surface area contributed by atoms with Crippen molar-refractivity contribution in [3.63, 3.8) is 0 Å². The third-order valence-corrected chi connectivity index (χ3v) is 6.47. The van der Waals surface area contributed by atoms with E-state index in [0.717, 1.165) is 35.5 Å². The molecule has 1 atom stereocenters. The molecule has 128 valence electrons. The number of hydrogen-bond acceptors (Lipinski definition) is 4. The van der Waals surface area contributed by atoms with Crippen molar-refractivity contribution in [3.05, 3.63) is 63.3 Å². The number of aromatic nitrogens is 1. The Labute approximate surface area is 156 Å². The largest absolute Gasteiger partial charge is 0.338 e. The summed E-state index contributed by atoms with van der Waals surface area (Å²) in [4.78, 5) is 19.4. The minimum Gasteiger partial charge on any atom is -0.338 e. The lowest BCUT2D eigenvalue weighted by molar-refractivity contribution is -0.131. The molecule has 25 heavy (non-hydrogen) atoms. The molecule has 0 spiro atoms. The summed E-state index contributed by atoms with van der Waals surface area (Å²) in [6.07, 6.45) is 3.66. The van der Waals surface area contributed by atoms with Crippen LogP contribution in [0.4, 0.5) is 0 Å². The smallest absolute Gasteiger partial charge is 0.228 e. The predicted octanol–water partition coefficient (Wildman–Crippen LogP) is 4.95. The molecular weight excluding hydrogens is 348 g/mol. The van der Waals surface area contributed by atoms with E-state index in [1.165, 1.54) is 11.1 Å². The Morgan fingerprint density at radius 2 is 2.16 bits per heavy atom. The molecule has 0 saturated heterocycles. The van der Waals surface area contributed by atoms with Crippen molar-refractivity contribution < 1.29 is 4.79 Å². The van der Waals surface area contributed by atoms with Crippen molar-refractivity contribution in [1.29, 1.82) is 0 Å². The molecule has 1 amide bonds.